The molecule has 0 spiro atoms. The maximum Gasteiger partial charge on any atom is 0.377 e. The van der Waals surface area contributed by atoms with Gasteiger partial charge in [-0.3, -0.25) is 15.5 Å². The lowest BCUT2D eigenvalue weighted by molar-refractivity contribution is 0.0487. The monoisotopic (exact) mass is 280 g/mol. The summed E-state index contributed by atoms with van der Waals surface area (Å²) < 4.78 is 10.4. The zero-order valence-corrected chi connectivity index (χ0v) is 10.6. The topological polar surface area (TPSA) is 129 Å². The van der Waals surface area contributed by atoms with Crippen molar-refractivity contribution in [2.75, 3.05) is 13.3 Å². The van der Waals surface area contributed by atoms with Crippen LogP contribution in [0.5, 0.6) is 0 Å². The van der Waals surface area contributed by atoms with Crippen molar-refractivity contribution in [3.05, 3.63) is 34.0 Å². The number of nitrogens with one attached hydrogen (secondary N) is 1. The van der Waals surface area contributed by atoms with E-state index >= 15 is 0 Å². The number of nitrogens with two attached hydrogens (primary N) is 1. The number of esters is 2. The average Bonchev–Trinajstić information content (AvgIpc) is 2.83. The Hall–Kier alpha value is -2.68. The molecule has 0 aliphatic rings. The Morgan fingerprint density at radius 1 is 1.35 bits per heavy atom. The van der Waals surface area contributed by atoms with Gasteiger partial charge in [-0.2, -0.15) is 0 Å². The quantitative estimate of drug-likeness (QED) is 0.558. The standard InChI is InChI=1S/C11H12N4O5/c1-2-19-10(17)7-4-3-6-9(16)13-8(14-15(6)7)11(18)20-5-12/h3-4H,2,5,12H2,1H3,(H,13,14,16). The summed E-state index contributed by atoms with van der Waals surface area (Å²) in [5.74, 6) is -1.89. The molecule has 0 unspecified atom stereocenters. The van der Waals surface area contributed by atoms with Crippen LogP contribution in [-0.4, -0.2) is 39.9 Å². The van der Waals surface area contributed by atoms with Crippen LogP contribution < -0.4 is 11.3 Å². The van der Waals surface area contributed by atoms with Gasteiger partial charge in [0.2, 0.25) is 5.82 Å². The third kappa shape index (κ3) is 2.38. The average molecular weight is 280 g/mol. The van der Waals surface area contributed by atoms with Crippen LogP contribution in [0.15, 0.2) is 16.9 Å². The molecule has 0 amide bonds. The second kappa shape index (κ2) is 5.53. The maximum atomic E-state index is 11.8. The molecule has 0 bridgehead atoms. The minimum Gasteiger partial charge on any atom is -0.461 e. The van der Waals surface area contributed by atoms with Crippen molar-refractivity contribution in [1.82, 2.24) is 14.6 Å². The molecule has 2 aromatic heterocycles. The molecule has 0 aromatic carbocycles. The summed E-state index contributed by atoms with van der Waals surface area (Å²) in [5, 5.41) is 3.85. The Balaban J connectivity index is 2.56. The minimum atomic E-state index is -0.894. The van der Waals surface area contributed by atoms with Gasteiger partial charge in [-0.05, 0) is 19.1 Å². The van der Waals surface area contributed by atoms with Gasteiger partial charge in [-0.1, -0.05) is 0 Å². The highest BCUT2D eigenvalue weighted by molar-refractivity contribution is 5.89. The summed E-state index contributed by atoms with van der Waals surface area (Å²) in [7, 11) is 0. The van der Waals surface area contributed by atoms with E-state index in [9.17, 15) is 14.4 Å². The van der Waals surface area contributed by atoms with Gasteiger partial charge in [-0.15, -0.1) is 5.10 Å². The number of H-pyrrole nitrogens is 1. The van der Waals surface area contributed by atoms with Crippen LogP contribution in [0.25, 0.3) is 5.52 Å². The summed E-state index contributed by atoms with van der Waals surface area (Å²) >= 11 is 0. The van der Waals surface area contributed by atoms with Gasteiger partial charge in [0.25, 0.3) is 5.56 Å². The molecule has 20 heavy (non-hydrogen) atoms. The van der Waals surface area contributed by atoms with Crippen LogP contribution in [0, 0.1) is 0 Å². The van der Waals surface area contributed by atoms with Crippen molar-refractivity contribution in [2.24, 2.45) is 5.73 Å². The van der Waals surface area contributed by atoms with Crippen LogP contribution in [-0.2, 0) is 9.47 Å². The molecule has 0 fully saturated rings. The third-order valence-corrected chi connectivity index (χ3v) is 2.41. The largest absolute Gasteiger partial charge is 0.461 e. The molecule has 0 atom stereocenters. The van der Waals surface area contributed by atoms with Crippen molar-refractivity contribution in [3.8, 4) is 0 Å². The first-order valence-corrected chi connectivity index (χ1v) is 5.74. The number of rotatable bonds is 4. The normalized spacial score (nSPS) is 10.5. The van der Waals surface area contributed by atoms with Crippen molar-refractivity contribution in [2.45, 2.75) is 6.92 Å². The van der Waals surface area contributed by atoms with Gasteiger partial charge in [0.05, 0.1) is 6.61 Å². The van der Waals surface area contributed by atoms with Crippen LogP contribution in [0.1, 0.15) is 28.0 Å². The van der Waals surface area contributed by atoms with E-state index in [0.717, 1.165) is 4.52 Å². The number of hydrogen-bond acceptors (Lipinski definition) is 7. The number of carbonyl (C=O) groups excluding carboxylic acids is 2. The smallest absolute Gasteiger partial charge is 0.377 e. The number of aromatic nitrogens is 3. The first-order valence-electron chi connectivity index (χ1n) is 5.74. The molecule has 0 saturated carbocycles. The van der Waals surface area contributed by atoms with Gasteiger partial charge in [-0.25, -0.2) is 14.1 Å². The van der Waals surface area contributed by atoms with Gasteiger partial charge >= 0.3 is 11.9 Å². The number of aromatic amines is 1. The molecule has 0 aliphatic carbocycles. The molecule has 2 aromatic rings. The van der Waals surface area contributed by atoms with Gasteiger partial charge in [0.1, 0.15) is 12.2 Å². The van der Waals surface area contributed by atoms with E-state index in [0.29, 0.717) is 0 Å². The van der Waals surface area contributed by atoms with Crippen molar-refractivity contribution >= 4 is 17.5 Å². The Bertz CT molecular complexity index is 717. The highest BCUT2D eigenvalue weighted by Crippen LogP contribution is 2.07. The molecular formula is C11H12N4O5. The van der Waals surface area contributed by atoms with E-state index in [2.05, 4.69) is 14.8 Å². The lowest BCUT2D eigenvalue weighted by Gasteiger charge is -2.04. The van der Waals surface area contributed by atoms with Gasteiger partial charge in [0.15, 0.2) is 5.69 Å². The summed E-state index contributed by atoms with van der Waals surface area (Å²) in [5.41, 5.74) is 4.63. The fourth-order valence-electron chi connectivity index (χ4n) is 1.60. The fraction of sp³-hybridized carbons (Fsp3) is 0.273. The van der Waals surface area contributed by atoms with E-state index in [1.165, 1.54) is 12.1 Å². The molecule has 0 aliphatic heterocycles. The highest BCUT2D eigenvalue weighted by atomic mass is 16.5. The van der Waals surface area contributed by atoms with Crippen molar-refractivity contribution in [1.29, 1.82) is 0 Å². The molecule has 0 saturated heterocycles. The number of ether oxygens (including phenoxy) is 2. The first kappa shape index (κ1) is 13.7. The molecule has 9 nitrogen and oxygen atoms in total. The Morgan fingerprint density at radius 2 is 2.10 bits per heavy atom. The van der Waals surface area contributed by atoms with E-state index in [1.807, 2.05) is 0 Å². The van der Waals surface area contributed by atoms with Crippen LogP contribution >= 0.6 is 0 Å². The Labute approximate surface area is 112 Å². The van der Waals surface area contributed by atoms with E-state index in [4.69, 9.17) is 10.5 Å². The lowest BCUT2D eigenvalue weighted by atomic mass is 10.4. The van der Waals surface area contributed by atoms with E-state index < -0.39 is 17.5 Å². The van der Waals surface area contributed by atoms with Crippen LogP contribution in [0.2, 0.25) is 0 Å². The second-order valence-corrected chi connectivity index (χ2v) is 3.64. The summed E-state index contributed by atoms with van der Waals surface area (Å²) in [6.07, 6.45) is 0. The van der Waals surface area contributed by atoms with Gasteiger partial charge in [0, 0.05) is 0 Å². The first-order chi connectivity index (χ1) is 9.58. The predicted molar refractivity (Wildman–Crippen MR) is 66.2 cm³/mol. The molecule has 106 valence electrons. The Kier molecular flexibility index (Phi) is 3.80. The maximum absolute atomic E-state index is 11.8. The zero-order chi connectivity index (χ0) is 14.7. The number of nitrogens with zero attached hydrogens (tertiary/aromatic N) is 2. The summed E-state index contributed by atoms with van der Waals surface area (Å²) in [6, 6.07) is 2.78. The molecule has 3 N–H and O–H groups in total. The van der Waals surface area contributed by atoms with Gasteiger partial charge < -0.3 is 9.47 Å². The van der Waals surface area contributed by atoms with Crippen molar-refractivity contribution < 1.29 is 19.1 Å². The minimum absolute atomic E-state index is 0.0368. The molecule has 2 rings (SSSR count). The molecular weight excluding hydrogens is 268 g/mol. The van der Waals surface area contributed by atoms with Crippen LogP contribution in [0.4, 0.5) is 0 Å². The molecule has 2 heterocycles. The predicted octanol–water partition coefficient (Wildman–Crippen LogP) is -0.728. The third-order valence-electron chi connectivity index (χ3n) is 2.41. The van der Waals surface area contributed by atoms with E-state index in [-0.39, 0.29) is 30.4 Å². The van der Waals surface area contributed by atoms with Crippen molar-refractivity contribution in [3.63, 3.8) is 0 Å². The van der Waals surface area contributed by atoms with Crippen LogP contribution in [0.3, 0.4) is 0 Å². The fourth-order valence-corrected chi connectivity index (χ4v) is 1.60. The molecule has 9 heteroatoms. The lowest BCUT2D eigenvalue weighted by Crippen LogP contribution is -2.23. The second-order valence-electron chi connectivity index (χ2n) is 3.64. The zero-order valence-electron chi connectivity index (χ0n) is 10.6. The number of hydrogen-bond donors (Lipinski definition) is 2. The van der Waals surface area contributed by atoms with E-state index in [1.54, 1.807) is 6.92 Å². The number of carbonyl (C=O) groups is 2. The summed E-state index contributed by atoms with van der Waals surface area (Å²) in [4.78, 5) is 37.3. The summed E-state index contributed by atoms with van der Waals surface area (Å²) in [6.45, 7) is 1.48. The number of fused-ring (bicyclic) bond motifs is 1. The Morgan fingerprint density at radius 3 is 2.75 bits per heavy atom. The highest BCUT2D eigenvalue weighted by Gasteiger charge is 2.18. The SMILES string of the molecule is CCOC(=O)c1ccc2c(=O)[nH]c(C(=O)OCN)nn12. The molecule has 0 radical (unpaired) electrons.